The van der Waals surface area contributed by atoms with Crippen molar-refractivity contribution in [3.8, 4) is 0 Å². The summed E-state index contributed by atoms with van der Waals surface area (Å²) in [6, 6.07) is 9.02. The van der Waals surface area contributed by atoms with Gasteiger partial charge in [-0.05, 0) is 62.3 Å². The summed E-state index contributed by atoms with van der Waals surface area (Å²) in [6.45, 7) is 10.2. The Kier molecular flexibility index (Phi) is 6.42. The molecule has 2 aromatic rings. The van der Waals surface area contributed by atoms with E-state index in [-0.39, 0.29) is 5.91 Å². The fraction of sp³-hybridized carbons (Fsp3) is 0.565. The van der Waals surface area contributed by atoms with Crippen LogP contribution in [0.2, 0.25) is 0 Å². The van der Waals surface area contributed by atoms with Gasteiger partial charge >= 0.3 is 0 Å². The number of anilines is 1. The summed E-state index contributed by atoms with van der Waals surface area (Å²) in [6.07, 6.45) is 3.49. The highest BCUT2D eigenvalue weighted by Gasteiger charge is 2.24. The Morgan fingerprint density at radius 2 is 1.96 bits per heavy atom. The van der Waals surface area contributed by atoms with Crippen LogP contribution in [-0.4, -0.2) is 39.7 Å². The normalized spacial score (nSPS) is 17.2. The second-order valence-corrected chi connectivity index (χ2v) is 8.37. The molecule has 1 aliphatic heterocycles. The van der Waals surface area contributed by atoms with Crippen LogP contribution in [-0.2, 0) is 18.3 Å². The van der Waals surface area contributed by atoms with Crippen LogP contribution in [0.3, 0.4) is 0 Å². The number of hydrogen-bond donors (Lipinski definition) is 1. The van der Waals surface area contributed by atoms with E-state index in [9.17, 15) is 4.79 Å². The maximum atomic E-state index is 12.8. The molecule has 3 rings (SSSR count). The molecule has 28 heavy (non-hydrogen) atoms. The van der Waals surface area contributed by atoms with Crippen LogP contribution in [0.1, 0.15) is 61.5 Å². The van der Waals surface area contributed by atoms with Crippen molar-refractivity contribution >= 4 is 11.6 Å². The van der Waals surface area contributed by atoms with Gasteiger partial charge in [0.15, 0.2) is 0 Å². The molecule has 1 atom stereocenters. The number of aryl methyl sites for hydroxylation is 2. The van der Waals surface area contributed by atoms with Gasteiger partial charge in [0.1, 0.15) is 0 Å². The number of nitrogens with zero attached hydrogens (tertiary/aromatic N) is 3. The predicted octanol–water partition coefficient (Wildman–Crippen LogP) is 4.20. The molecule has 1 saturated heterocycles. The second kappa shape index (κ2) is 8.80. The van der Waals surface area contributed by atoms with Crippen molar-refractivity contribution in [3.05, 3.63) is 46.8 Å². The molecule has 1 amide bonds. The number of benzene rings is 1. The Labute approximate surface area is 169 Å². The van der Waals surface area contributed by atoms with E-state index in [1.165, 1.54) is 11.1 Å². The van der Waals surface area contributed by atoms with Gasteiger partial charge in [0, 0.05) is 44.0 Å². The third kappa shape index (κ3) is 4.75. The highest BCUT2D eigenvalue weighted by Crippen LogP contribution is 2.21. The SMILES string of the molecule is Cc1nn(C)c(C)c1CCC(=O)N1CCC[C@@H](Nc2ccc(C(C)C)cc2)C1. The van der Waals surface area contributed by atoms with Gasteiger partial charge in [0.2, 0.25) is 5.91 Å². The number of hydrogen-bond acceptors (Lipinski definition) is 3. The molecule has 0 aliphatic carbocycles. The number of carbonyl (C=O) groups excluding carboxylic acids is 1. The van der Waals surface area contributed by atoms with Crippen molar-refractivity contribution in [2.75, 3.05) is 18.4 Å². The summed E-state index contributed by atoms with van der Waals surface area (Å²) < 4.78 is 1.90. The molecular formula is C23H34N4O. The molecule has 5 nitrogen and oxygen atoms in total. The monoisotopic (exact) mass is 382 g/mol. The number of carbonyl (C=O) groups is 1. The zero-order valence-electron chi connectivity index (χ0n) is 18.0. The Morgan fingerprint density at radius 1 is 1.25 bits per heavy atom. The minimum atomic E-state index is 0.254. The highest BCUT2D eigenvalue weighted by atomic mass is 16.2. The highest BCUT2D eigenvalue weighted by molar-refractivity contribution is 5.76. The summed E-state index contributed by atoms with van der Waals surface area (Å²) in [7, 11) is 1.96. The Bertz CT molecular complexity index is 807. The minimum Gasteiger partial charge on any atom is -0.381 e. The first-order chi connectivity index (χ1) is 13.3. The molecule has 5 heteroatoms. The molecule has 1 N–H and O–H groups in total. The van der Waals surface area contributed by atoms with Crippen LogP contribution in [0.25, 0.3) is 0 Å². The van der Waals surface area contributed by atoms with Gasteiger partial charge < -0.3 is 10.2 Å². The lowest BCUT2D eigenvalue weighted by Gasteiger charge is -2.34. The van der Waals surface area contributed by atoms with Crippen molar-refractivity contribution < 1.29 is 4.79 Å². The Morgan fingerprint density at radius 3 is 2.57 bits per heavy atom. The molecule has 1 aromatic heterocycles. The van der Waals surface area contributed by atoms with Crippen LogP contribution < -0.4 is 5.32 Å². The third-order valence-corrected chi connectivity index (χ3v) is 5.97. The molecular weight excluding hydrogens is 348 g/mol. The van der Waals surface area contributed by atoms with Crippen molar-refractivity contribution in [2.45, 2.75) is 65.3 Å². The Balaban J connectivity index is 1.54. The number of amides is 1. The van der Waals surface area contributed by atoms with Gasteiger partial charge in [-0.15, -0.1) is 0 Å². The van der Waals surface area contributed by atoms with E-state index in [4.69, 9.17) is 0 Å². The molecule has 0 unspecified atom stereocenters. The molecule has 1 aromatic carbocycles. The fourth-order valence-electron chi connectivity index (χ4n) is 4.09. The lowest BCUT2D eigenvalue weighted by Crippen LogP contribution is -2.45. The van der Waals surface area contributed by atoms with E-state index in [2.05, 4.69) is 55.5 Å². The van der Waals surface area contributed by atoms with Gasteiger partial charge in [-0.3, -0.25) is 9.48 Å². The van der Waals surface area contributed by atoms with Gasteiger partial charge in [0.05, 0.1) is 5.69 Å². The van der Waals surface area contributed by atoms with Crippen molar-refractivity contribution in [3.63, 3.8) is 0 Å². The average Bonchev–Trinajstić information content (AvgIpc) is 2.92. The minimum absolute atomic E-state index is 0.254. The fourth-order valence-corrected chi connectivity index (χ4v) is 4.09. The van der Waals surface area contributed by atoms with Gasteiger partial charge in [-0.1, -0.05) is 26.0 Å². The second-order valence-electron chi connectivity index (χ2n) is 8.37. The van der Waals surface area contributed by atoms with Crippen LogP contribution in [0.4, 0.5) is 5.69 Å². The Hall–Kier alpha value is -2.30. The molecule has 1 aliphatic rings. The maximum Gasteiger partial charge on any atom is 0.222 e. The standard InChI is InChI=1S/C23H34N4O/c1-16(2)19-8-10-20(11-9-19)24-21-7-6-14-27(15-21)23(28)13-12-22-17(3)25-26(5)18(22)4/h8-11,16,21,24H,6-7,12-15H2,1-5H3/t21-/m1/s1. The van der Waals surface area contributed by atoms with E-state index < -0.39 is 0 Å². The first kappa shape index (κ1) is 20.4. The molecule has 0 radical (unpaired) electrons. The lowest BCUT2D eigenvalue weighted by atomic mass is 10.0. The van der Waals surface area contributed by atoms with Crippen molar-refractivity contribution in [2.24, 2.45) is 7.05 Å². The predicted molar refractivity (Wildman–Crippen MR) is 115 cm³/mol. The number of nitrogens with one attached hydrogen (secondary N) is 1. The summed E-state index contributed by atoms with van der Waals surface area (Å²) in [5.74, 6) is 0.799. The first-order valence-electron chi connectivity index (χ1n) is 10.5. The smallest absolute Gasteiger partial charge is 0.222 e. The summed E-state index contributed by atoms with van der Waals surface area (Å²) in [5, 5.41) is 8.08. The van der Waals surface area contributed by atoms with E-state index in [1.54, 1.807) is 0 Å². The van der Waals surface area contributed by atoms with E-state index >= 15 is 0 Å². The molecule has 2 heterocycles. The number of aromatic nitrogens is 2. The molecule has 0 bridgehead atoms. The van der Waals surface area contributed by atoms with E-state index in [0.717, 1.165) is 49.4 Å². The number of likely N-dealkylation sites (tertiary alicyclic amines) is 1. The zero-order valence-corrected chi connectivity index (χ0v) is 18.0. The van der Waals surface area contributed by atoms with Crippen LogP contribution in [0.15, 0.2) is 24.3 Å². The van der Waals surface area contributed by atoms with Crippen molar-refractivity contribution in [1.29, 1.82) is 0 Å². The third-order valence-electron chi connectivity index (χ3n) is 5.97. The number of rotatable bonds is 6. The van der Waals surface area contributed by atoms with Gasteiger partial charge in [-0.2, -0.15) is 5.10 Å². The topological polar surface area (TPSA) is 50.2 Å². The summed E-state index contributed by atoms with van der Waals surface area (Å²) in [4.78, 5) is 14.8. The van der Waals surface area contributed by atoms with E-state index in [1.807, 2.05) is 23.6 Å². The van der Waals surface area contributed by atoms with Gasteiger partial charge in [-0.25, -0.2) is 0 Å². The average molecular weight is 383 g/mol. The summed E-state index contributed by atoms with van der Waals surface area (Å²) in [5.41, 5.74) is 5.91. The van der Waals surface area contributed by atoms with Crippen molar-refractivity contribution in [1.82, 2.24) is 14.7 Å². The maximum absolute atomic E-state index is 12.8. The molecule has 0 spiro atoms. The number of piperidine rings is 1. The zero-order chi connectivity index (χ0) is 20.3. The molecule has 0 saturated carbocycles. The largest absolute Gasteiger partial charge is 0.381 e. The molecule has 1 fully saturated rings. The molecule has 152 valence electrons. The first-order valence-corrected chi connectivity index (χ1v) is 10.5. The van der Waals surface area contributed by atoms with Crippen LogP contribution in [0, 0.1) is 13.8 Å². The summed E-state index contributed by atoms with van der Waals surface area (Å²) >= 11 is 0. The van der Waals surface area contributed by atoms with Crippen LogP contribution >= 0.6 is 0 Å². The van der Waals surface area contributed by atoms with Crippen LogP contribution in [0.5, 0.6) is 0 Å². The van der Waals surface area contributed by atoms with Gasteiger partial charge in [0.25, 0.3) is 0 Å². The quantitative estimate of drug-likeness (QED) is 0.815. The van der Waals surface area contributed by atoms with E-state index in [0.29, 0.717) is 18.4 Å². The lowest BCUT2D eigenvalue weighted by molar-refractivity contribution is -0.132.